The van der Waals surface area contributed by atoms with Crippen molar-refractivity contribution in [2.45, 2.75) is 51.7 Å². The standard InChI is InChI=1S/C27H34N4O2/c1-3-25(28)24-13-10-21(18-26(24)30-22-6-4-5-7-22)27-14-15-29-31(27)23-11-8-20(9-12-23)19-33-17-16-32-2/h8-15,18,22,28,30H,3-7,16-17,19H2,1-2H3. The fourth-order valence-corrected chi connectivity index (χ4v) is 4.36. The monoisotopic (exact) mass is 446 g/mol. The lowest BCUT2D eigenvalue weighted by Gasteiger charge is -2.19. The van der Waals surface area contributed by atoms with Crippen LogP contribution in [0.3, 0.4) is 0 Å². The molecule has 4 rings (SSSR count). The smallest absolute Gasteiger partial charge is 0.0741 e. The molecule has 33 heavy (non-hydrogen) atoms. The lowest BCUT2D eigenvalue weighted by molar-refractivity contribution is 0.0616. The maximum Gasteiger partial charge on any atom is 0.0741 e. The van der Waals surface area contributed by atoms with Crippen molar-refractivity contribution in [3.63, 3.8) is 0 Å². The topological polar surface area (TPSA) is 72.2 Å². The van der Waals surface area contributed by atoms with Gasteiger partial charge in [-0.2, -0.15) is 5.10 Å². The molecule has 6 heteroatoms. The molecule has 1 fully saturated rings. The van der Waals surface area contributed by atoms with E-state index in [1.54, 1.807) is 7.11 Å². The number of aromatic nitrogens is 2. The van der Waals surface area contributed by atoms with Crippen LogP contribution in [-0.2, 0) is 16.1 Å². The Labute approximate surface area is 196 Å². The highest BCUT2D eigenvalue weighted by Gasteiger charge is 2.18. The van der Waals surface area contributed by atoms with E-state index in [2.05, 4.69) is 52.9 Å². The van der Waals surface area contributed by atoms with E-state index in [1.165, 1.54) is 25.7 Å². The molecule has 1 heterocycles. The fraction of sp³-hybridized carbons (Fsp3) is 0.407. The van der Waals surface area contributed by atoms with Gasteiger partial charge in [-0.3, -0.25) is 0 Å². The maximum absolute atomic E-state index is 8.43. The van der Waals surface area contributed by atoms with Crippen LogP contribution in [0.1, 0.15) is 50.2 Å². The van der Waals surface area contributed by atoms with Gasteiger partial charge in [-0.15, -0.1) is 0 Å². The number of nitrogens with one attached hydrogen (secondary N) is 2. The van der Waals surface area contributed by atoms with Crippen LogP contribution < -0.4 is 5.32 Å². The lowest BCUT2D eigenvalue weighted by atomic mass is 10.0. The van der Waals surface area contributed by atoms with Crippen molar-refractivity contribution in [2.24, 2.45) is 0 Å². The first-order valence-corrected chi connectivity index (χ1v) is 11.9. The van der Waals surface area contributed by atoms with Gasteiger partial charge in [0.15, 0.2) is 0 Å². The molecule has 0 atom stereocenters. The molecule has 2 N–H and O–H groups in total. The van der Waals surface area contributed by atoms with Crippen LogP contribution in [0.25, 0.3) is 16.9 Å². The summed E-state index contributed by atoms with van der Waals surface area (Å²) in [5, 5.41) is 16.8. The number of nitrogens with zero attached hydrogens (tertiary/aromatic N) is 2. The number of methoxy groups -OCH3 is 1. The zero-order valence-corrected chi connectivity index (χ0v) is 19.6. The van der Waals surface area contributed by atoms with E-state index < -0.39 is 0 Å². The molecule has 1 aromatic heterocycles. The summed E-state index contributed by atoms with van der Waals surface area (Å²) in [6.07, 6.45) is 7.50. The molecule has 0 saturated heterocycles. The largest absolute Gasteiger partial charge is 0.382 e. The Morgan fingerprint density at radius 1 is 1.09 bits per heavy atom. The van der Waals surface area contributed by atoms with Gasteiger partial charge >= 0.3 is 0 Å². The van der Waals surface area contributed by atoms with Crippen LogP contribution in [0, 0.1) is 5.41 Å². The van der Waals surface area contributed by atoms with Gasteiger partial charge < -0.3 is 20.2 Å². The first-order valence-electron chi connectivity index (χ1n) is 11.9. The molecule has 0 bridgehead atoms. The van der Waals surface area contributed by atoms with E-state index in [4.69, 9.17) is 14.9 Å². The molecule has 1 saturated carbocycles. The van der Waals surface area contributed by atoms with Gasteiger partial charge in [-0.05, 0) is 49.1 Å². The summed E-state index contributed by atoms with van der Waals surface area (Å²) in [4.78, 5) is 0. The minimum atomic E-state index is 0.493. The number of ether oxygens (including phenoxy) is 2. The minimum Gasteiger partial charge on any atom is -0.382 e. The number of hydrogen-bond donors (Lipinski definition) is 2. The quantitative estimate of drug-likeness (QED) is 0.287. The van der Waals surface area contributed by atoms with Gasteiger partial charge in [0.05, 0.1) is 37.4 Å². The van der Waals surface area contributed by atoms with Crippen LogP contribution in [0.2, 0.25) is 0 Å². The van der Waals surface area contributed by atoms with E-state index in [1.807, 2.05) is 23.9 Å². The highest BCUT2D eigenvalue weighted by atomic mass is 16.5. The Morgan fingerprint density at radius 3 is 2.61 bits per heavy atom. The van der Waals surface area contributed by atoms with Crippen molar-refractivity contribution >= 4 is 11.4 Å². The summed E-state index contributed by atoms with van der Waals surface area (Å²) in [7, 11) is 1.68. The van der Waals surface area contributed by atoms with Crippen LogP contribution in [0.15, 0.2) is 54.7 Å². The lowest BCUT2D eigenvalue weighted by Crippen LogP contribution is -2.17. The molecule has 0 spiro atoms. The Balaban J connectivity index is 1.58. The van der Waals surface area contributed by atoms with E-state index >= 15 is 0 Å². The van der Waals surface area contributed by atoms with Crippen molar-refractivity contribution in [1.82, 2.24) is 9.78 Å². The third-order valence-electron chi connectivity index (χ3n) is 6.23. The van der Waals surface area contributed by atoms with E-state index in [0.717, 1.165) is 40.2 Å². The van der Waals surface area contributed by atoms with Gasteiger partial charge in [0.25, 0.3) is 0 Å². The zero-order valence-electron chi connectivity index (χ0n) is 19.6. The van der Waals surface area contributed by atoms with Crippen molar-refractivity contribution in [2.75, 3.05) is 25.6 Å². The van der Waals surface area contributed by atoms with E-state index in [9.17, 15) is 0 Å². The molecule has 0 aliphatic heterocycles. The second-order valence-corrected chi connectivity index (χ2v) is 8.56. The average Bonchev–Trinajstić information content (AvgIpc) is 3.54. The summed E-state index contributed by atoms with van der Waals surface area (Å²) >= 11 is 0. The predicted molar refractivity (Wildman–Crippen MR) is 134 cm³/mol. The second kappa shape index (κ2) is 11.3. The molecule has 1 aliphatic carbocycles. The van der Waals surface area contributed by atoms with Gasteiger partial charge in [0.1, 0.15) is 0 Å². The van der Waals surface area contributed by atoms with Crippen LogP contribution in [0.5, 0.6) is 0 Å². The van der Waals surface area contributed by atoms with E-state index in [0.29, 0.717) is 31.6 Å². The highest BCUT2D eigenvalue weighted by Crippen LogP contribution is 2.31. The molecule has 0 unspecified atom stereocenters. The molecule has 1 aliphatic rings. The summed E-state index contributed by atoms with van der Waals surface area (Å²) in [6.45, 7) is 3.79. The molecule has 2 aromatic carbocycles. The summed E-state index contributed by atoms with van der Waals surface area (Å²) in [5.41, 5.74) is 6.97. The SMILES string of the molecule is CCC(=N)c1ccc(-c2ccnn2-c2ccc(COCCOC)cc2)cc1NC1CCCC1. The summed E-state index contributed by atoms with van der Waals surface area (Å²) in [5.74, 6) is 0. The Kier molecular flexibility index (Phi) is 7.92. The van der Waals surface area contributed by atoms with Crippen LogP contribution >= 0.6 is 0 Å². The third-order valence-corrected chi connectivity index (χ3v) is 6.23. The molecule has 0 radical (unpaired) electrons. The predicted octanol–water partition coefficient (Wildman–Crippen LogP) is 5.83. The number of benzene rings is 2. The summed E-state index contributed by atoms with van der Waals surface area (Å²) in [6, 6.07) is 17.2. The maximum atomic E-state index is 8.43. The number of rotatable bonds is 11. The molecule has 3 aromatic rings. The second-order valence-electron chi connectivity index (χ2n) is 8.56. The summed E-state index contributed by atoms with van der Waals surface area (Å²) < 4.78 is 12.6. The molecular weight excluding hydrogens is 412 g/mol. The zero-order chi connectivity index (χ0) is 23.0. The van der Waals surface area contributed by atoms with Crippen molar-refractivity contribution < 1.29 is 9.47 Å². The van der Waals surface area contributed by atoms with Crippen molar-refractivity contribution in [3.8, 4) is 16.9 Å². The van der Waals surface area contributed by atoms with Crippen LogP contribution in [0.4, 0.5) is 5.69 Å². The fourth-order valence-electron chi connectivity index (χ4n) is 4.36. The van der Waals surface area contributed by atoms with Crippen LogP contribution in [-0.4, -0.2) is 41.9 Å². The van der Waals surface area contributed by atoms with Gasteiger partial charge in [-0.25, -0.2) is 4.68 Å². The minimum absolute atomic E-state index is 0.493. The normalized spacial score (nSPS) is 14.0. The van der Waals surface area contributed by atoms with Gasteiger partial charge in [0, 0.05) is 35.7 Å². The first kappa shape index (κ1) is 23.2. The highest BCUT2D eigenvalue weighted by molar-refractivity contribution is 6.03. The first-order chi connectivity index (χ1) is 16.2. The molecule has 0 amide bonds. The Bertz CT molecular complexity index is 1050. The van der Waals surface area contributed by atoms with E-state index in [-0.39, 0.29) is 0 Å². The third kappa shape index (κ3) is 5.70. The average molecular weight is 447 g/mol. The number of anilines is 1. The van der Waals surface area contributed by atoms with Gasteiger partial charge in [0.2, 0.25) is 0 Å². The van der Waals surface area contributed by atoms with Gasteiger partial charge in [-0.1, -0.05) is 44.0 Å². The van der Waals surface area contributed by atoms with Crippen molar-refractivity contribution in [3.05, 3.63) is 65.9 Å². The molecule has 6 nitrogen and oxygen atoms in total. The van der Waals surface area contributed by atoms with Crippen molar-refractivity contribution in [1.29, 1.82) is 5.41 Å². The molecule has 174 valence electrons. The number of hydrogen-bond acceptors (Lipinski definition) is 5. The molecular formula is C27H34N4O2. The Hall–Kier alpha value is -2.96. The Morgan fingerprint density at radius 2 is 1.88 bits per heavy atom.